The summed E-state index contributed by atoms with van der Waals surface area (Å²) in [6.45, 7) is 2.71. The van der Waals surface area contributed by atoms with Crippen molar-refractivity contribution in [2.75, 3.05) is 24.6 Å². The van der Waals surface area contributed by atoms with Crippen LogP contribution in [-0.4, -0.2) is 51.5 Å². The number of benzene rings is 1. The predicted octanol–water partition coefficient (Wildman–Crippen LogP) is 2.26. The summed E-state index contributed by atoms with van der Waals surface area (Å²) in [6.07, 6.45) is 1.04. The third kappa shape index (κ3) is 3.00. The lowest BCUT2D eigenvalue weighted by Gasteiger charge is -2.26. The Morgan fingerprint density at radius 1 is 1.05 bits per heavy atom. The topological polar surface area (TPSA) is 60.9 Å². The van der Waals surface area contributed by atoms with Gasteiger partial charge in [0.15, 0.2) is 0 Å². The number of hydrogen-bond acceptors (Lipinski definition) is 3. The van der Waals surface area contributed by atoms with E-state index in [0.29, 0.717) is 13.1 Å². The van der Waals surface area contributed by atoms with Gasteiger partial charge in [-0.15, -0.1) is 0 Å². The van der Waals surface area contributed by atoms with Crippen LogP contribution in [0.25, 0.3) is 0 Å². The number of carboxylic acids is 1. The molecule has 0 spiro atoms. The minimum absolute atomic E-state index is 0.0746. The average Bonchev–Trinajstić information content (AvgIpc) is 2.71. The second kappa shape index (κ2) is 5.97. The minimum Gasteiger partial charge on any atom is -0.478 e. The minimum atomic E-state index is -0.924. The van der Waals surface area contributed by atoms with E-state index in [0.717, 1.165) is 42.1 Å². The number of thioether (sulfide) groups is 1. The third-order valence-electron chi connectivity index (χ3n) is 3.94. The van der Waals surface area contributed by atoms with Gasteiger partial charge in [0, 0.05) is 31.9 Å². The van der Waals surface area contributed by atoms with E-state index in [-0.39, 0.29) is 11.6 Å². The van der Waals surface area contributed by atoms with Crippen LogP contribution in [0.4, 0.5) is 4.79 Å². The highest BCUT2D eigenvalue weighted by Crippen LogP contribution is 2.25. The van der Waals surface area contributed by atoms with Gasteiger partial charge in [0.2, 0.25) is 0 Å². The van der Waals surface area contributed by atoms with Crippen molar-refractivity contribution < 1.29 is 14.7 Å². The van der Waals surface area contributed by atoms with Crippen molar-refractivity contribution in [3.63, 3.8) is 0 Å². The van der Waals surface area contributed by atoms with Crippen molar-refractivity contribution >= 4 is 23.8 Å². The second-order valence-corrected chi connectivity index (χ2v) is 6.60. The SMILES string of the molecule is O=C(O)c1ccc2c(c1)CN(C(=O)N1CCCSCC1)C2. The summed E-state index contributed by atoms with van der Waals surface area (Å²) < 4.78 is 0. The van der Waals surface area contributed by atoms with Crippen LogP contribution in [-0.2, 0) is 13.1 Å². The summed E-state index contributed by atoms with van der Waals surface area (Å²) in [6, 6.07) is 5.19. The summed E-state index contributed by atoms with van der Waals surface area (Å²) in [5, 5.41) is 9.04. The highest BCUT2D eigenvalue weighted by atomic mass is 32.2. The van der Waals surface area contributed by atoms with Gasteiger partial charge in [-0.1, -0.05) is 6.07 Å². The fraction of sp³-hybridized carbons (Fsp3) is 0.467. The number of fused-ring (bicyclic) bond motifs is 1. The first kappa shape index (κ1) is 14.3. The Balaban J connectivity index is 1.71. The molecule has 3 rings (SSSR count). The summed E-state index contributed by atoms with van der Waals surface area (Å²) >= 11 is 1.89. The number of carbonyl (C=O) groups is 2. The van der Waals surface area contributed by atoms with E-state index in [4.69, 9.17) is 5.11 Å². The van der Waals surface area contributed by atoms with E-state index in [1.165, 1.54) is 0 Å². The molecule has 0 aliphatic carbocycles. The number of aromatic carboxylic acids is 1. The number of amides is 2. The molecule has 1 N–H and O–H groups in total. The van der Waals surface area contributed by atoms with Gasteiger partial charge in [0.1, 0.15) is 0 Å². The third-order valence-corrected chi connectivity index (χ3v) is 4.99. The zero-order chi connectivity index (χ0) is 14.8. The number of rotatable bonds is 1. The zero-order valence-corrected chi connectivity index (χ0v) is 12.6. The number of nitrogens with zero attached hydrogens (tertiary/aromatic N) is 2. The standard InChI is InChI=1S/C15H18N2O3S/c18-14(19)11-2-3-12-9-17(10-13(12)8-11)15(20)16-4-1-6-21-7-5-16/h2-3,8H,1,4-7,9-10H2,(H,18,19). The molecule has 0 radical (unpaired) electrons. The van der Waals surface area contributed by atoms with Crippen LogP contribution >= 0.6 is 11.8 Å². The molecule has 1 aromatic rings. The molecule has 112 valence electrons. The Labute approximate surface area is 127 Å². The van der Waals surface area contributed by atoms with Crippen LogP contribution in [0.3, 0.4) is 0 Å². The first-order valence-corrected chi connectivity index (χ1v) is 8.27. The lowest BCUT2D eigenvalue weighted by molar-refractivity contribution is 0.0696. The van der Waals surface area contributed by atoms with Gasteiger partial charge < -0.3 is 14.9 Å². The smallest absolute Gasteiger partial charge is 0.335 e. The number of carbonyl (C=O) groups excluding carboxylic acids is 1. The van der Waals surface area contributed by atoms with Crippen LogP contribution in [0.5, 0.6) is 0 Å². The van der Waals surface area contributed by atoms with Gasteiger partial charge >= 0.3 is 12.0 Å². The van der Waals surface area contributed by atoms with Gasteiger partial charge in [-0.05, 0) is 35.4 Å². The molecular formula is C15H18N2O3S. The normalized spacial score (nSPS) is 18.3. The summed E-state index contributed by atoms with van der Waals surface area (Å²) in [5.74, 6) is 1.19. The summed E-state index contributed by atoms with van der Waals surface area (Å²) in [5.41, 5.74) is 2.29. The Hall–Kier alpha value is -1.69. The van der Waals surface area contributed by atoms with Gasteiger partial charge in [-0.25, -0.2) is 9.59 Å². The lowest BCUT2D eigenvalue weighted by atomic mass is 10.1. The molecule has 2 amide bonds. The zero-order valence-electron chi connectivity index (χ0n) is 11.7. The van der Waals surface area contributed by atoms with Crippen LogP contribution in [0, 0.1) is 0 Å². The first-order valence-electron chi connectivity index (χ1n) is 7.12. The Kier molecular flexibility index (Phi) is 4.05. The van der Waals surface area contributed by atoms with Crippen molar-refractivity contribution in [3.8, 4) is 0 Å². The number of hydrogen-bond donors (Lipinski definition) is 1. The molecule has 0 aromatic heterocycles. The van der Waals surface area contributed by atoms with Gasteiger partial charge in [-0.3, -0.25) is 0 Å². The van der Waals surface area contributed by atoms with Crippen LogP contribution in [0.1, 0.15) is 27.9 Å². The Bertz CT molecular complexity index is 568. The lowest BCUT2D eigenvalue weighted by Crippen LogP contribution is -2.41. The molecule has 2 heterocycles. The monoisotopic (exact) mass is 306 g/mol. The van der Waals surface area contributed by atoms with Gasteiger partial charge in [-0.2, -0.15) is 11.8 Å². The van der Waals surface area contributed by atoms with E-state index >= 15 is 0 Å². The van der Waals surface area contributed by atoms with Crippen molar-refractivity contribution in [3.05, 3.63) is 34.9 Å². The van der Waals surface area contributed by atoms with Gasteiger partial charge in [0.25, 0.3) is 0 Å². The maximum absolute atomic E-state index is 12.6. The average molecular weight is 306 g/mol. The van der Waals surface area contributed by atoms with E-state index < -0.39 is 5.97 Å². The first-order chi connectivity index (χ1) is 10.1. The van der Waals surface area contributed by atoms with Crippen molar-refractivity contribution in [2.24, 2.45) is 0 Å². The molecule has 2 aliphatic heterocycles. The fourth-order valence-electron chi connectivity index (χ4n) is 2.80. The largest absolute Gasteiger partial charge is 0.478 e. The molecule has 0 unspecified atom stereocenters. The number of urea groups is 1. The predicted molar refractivity (Wildman–Crippen MR) is 81.6 cm³/mol. The van der Waals surface area contributed by atoms with E-state index in [1.807, 2.05) is 27.6 Å². The molecule has 0 bridgehead atoms. The van der Waals surface area contributed by atoms with Crippen LogP contribution in [0.2, 0.25) is 0 Å². The summed E-state index contributed by atoms with van der Waals surface area (Å²) in [4.78, 5) is 27.3. The van der Waals surface area contributed by atoms with E-state index in [9.17, 15) is 9.59 Å². The fourth-order valence-corrected chi connectivity index (χ4v) is 3.69. The second-order valence-electron chi connectivity index (χ2n) is 5.38. The molecule has 0 saturated carbocycles. The van der Waals surface area contributed by atoms with Crippen LogP contribution < -0.4 is 0 Å². The molecule has 0 atom stereocenters. The van der Waals surface area contributed by atoms with Crippen LogP contribution in [0.15, 0.2) is 18.2 Å². The molecule has 21 heavy (non-hydrogen) atoms. The molecule has 6 heteroatoms. The summed E-state index contributed by atoms with van der Waals surface area (Å²) in [7, 11) is 0. The molecule has 2 aliphatic rings. The van der Waals surface area contributed by atoms with Crippen molar-refractivity contribution in [1.82, 2.24) is 9.80 Å². The quantitative estimate of drug-likeness (QED) is 0.864. The molecule has 5 nitrogen and oxygen atoms in total. The number of carboxylic acid groups (broad SMARTS) is 1. The van der Waals surface area contributed by atoms with E-state index in [2.05, 4.69) is 0 Å². The maximum atomic E-state index is 12.6. The molecule has 1 aromatic carbocycles. The van der Waals surface area contributed by atoms with Crippen molar-refractivity contribution in [2.45, 2.75) is 19.5 Å². The molecule has 1 saturated heterocycles. The highest BCUT2D eigenvalue weighted by Gasteiger charge is 2.28. The van der Waals surface area contributed by atoms with Gasteiger partial charge in [0.05, 0.1) is 5.56 Å². The Morgan fingerprint density at radius 3 is 2.67 bits per heavy atom. The van der Waals surface area contributed by atoms with Crippen molar-refractivity contribution in [1.29, 1.82) is 0 Å². The maximum Gasteiger partial charge on any atom is 0.335 e. The highest BCUT2D eigenvalue weighted by molar-refractivity contribution is 7.99. The molecular weight excluding hydrogens is 288 g/mol. The Morgan fingerprint density at radius 2 is 1.86 bits per heavy atom. The van der Waals surface area contributed by atoms with E-state index in [1.54, 1.807) is 12.1 Å². The molecule has 1 fully saturated rings.